The van der Waals surface area contributed by atoms with Gasteiger partial charge in [0, 0.05) is 6.20 Å². The first-order chi connectivity index (χ1) is 9.40. The van der Waals surface area contributed by atoms with Crippen LogP contribution < -0.4 is 0 Å². The minimum absolute atomic E-state index is 0.0808. The molecule has 1 N–H and O–H groups in total. The number of hydrogen-bond donors (Lipinski definition) is 1. The summed E-state index contributed by atoms with van der Waals surface area (Å²) in [5.74, 6) is -0.376. The molecule has 0 saturated carbocycles. The first kappa shape index (κ1) is 14.3. The van der Waals surface area contributed by atoms with Gasteiger partial charge in [-0.05, 0) is 29.5 Å². The van der Waals surface area contributed by atoms with Crippen LogP contribution in [0.5, 0.6) is 0 Å². The molecule has 1 aromatic heterocycles. The Hall–Kier alpha value is -2.10. The summed E-state index contributed by atoms with van der Waals surface area (Å²) in [6.45, 7) is 8.17. The lowest BCUT2D eigenvalue weighted by atomic mass is 10.0. The highest BCUT2D eigenvalue weighted by Gasteiger charge is 2.18. The van der Waals surface area contributed by atoms with E-state index < -0.39 is 5.97 Å². The zero-order chi connectivity index (χ0) is 14.9. The van der Waals surface area contributed by atoms with Crippen LogP contribution in [0.2, 0.25) is 0 Å². The monoisotopic (exact) mass is 272 g/mol. The molecule has 0 radical (unpaired) electrons. The van der Waals surface area contributed by atoms with Gasteiger partial charge in [-0.2, -0.15) is 5.10 Å². The van der Waals surface area contributed by atoms with Crippen molar-refractivity contribution in [2.75, 3.05) is 0 Å². The minimum Gasteiger partial charge on any atom is -0.478 e. The maximum Gasteiger partial charge on any atom is 0.339 e. The van der Waals surface area contributed by atoms with Gasteiger partial charge in [-0.15, -0.1) is 0 Å². The number of aromatic carboxylic acids is 1. The summed E-state index contributed by atoms with van der Waals surface area (Å²) >= 11 is 0. The summed E-state index contributed by atoms with van der Waals surface area (Å²) in [6, 6.07) is 8.05. The summed E-state index contributed by atoms with van der Waals surface area (Å²) in [4.78, 5) is 11.3. The van der Waals surface area contributed by atoms with E-state index in [1.807, 2.05) is 26.0 Å². The third kappa shape index (κ3) is 2.74. The molecule has 1 aromatic carbocycles. The molecule has 0 unspecified atom stereocenters. The van der Waals surface area contributed by atoms with E-state index in [-0.39, 0.29) is 11.5 Å². The van der Waals surface area contributed by atoms with E-state index in [4.69, 9.17) is 0 Å². The van der Waals surface area contributed by atoms with E-state index in [1.54, 1.807) is 10.9 Å². The Morgan fingerprint density at radius 1 is 1.10 bits per heavy atom. The third-order valence-corrected chi connectivity index (χ3v) is 3.34. The number of benzene rings is 1. The predicted molar refractivity (Wildman–Crippen MR) is 78.7 cm³/mol. The molecule has 4 heteroatoms. The Labute approximate surface area is 119 Å². The molecule has 2 aromatic rings. The number of hydrogen-bond acceptors (Lipinski definition) is 2. The molecule has 0 amide bonds. The van der Waals surface area contributed by atoms with Crippen molar-refractivity contribution in [3.05, 3.63) is 47.3 Å². The number of carbonyl (C=O) groups is 1. The van der Waals surface area contributed by atoms with E-state index in [0.29, 0.717) is 11.6 Å². The Balaban J connectivity index is 2.42. The van der Waals surface area contributed by atoms with Gasteiger partial charge in [-0.25, -0.2) is 9.48 Å². The van der Waals surface area contributed by atoms with Crippen LogP contribution in [0.25, 0.3) is 5.69 Å². The van der Waals surface area contributed by atoms with Gasteiger partial charge in [0.1, 0.15) is 5.56 Å². The summed E-state index contributed by atoms with van der Waals surface area (Å²) in [5.41, 5.74) is 3.02. The van der Waals surface area contributed by atoms with E-state index >= 15 is 0 Å². The molecule has 106 valence electrons. The molecule has 20 heavy (non-hydrogen) atoms. The molecule has 4 nitrogen and oxygen atoms in total. The number of nitrogens with zero attached hydrogens (tertiary/aromatic N) is 2. The van der Waals surface area contributed by atoms with E-state index in [1.165, 1.54) is 5.56 Å². The molecule has 0 aliphatic rings. The topological polar surface area (TPSA) is 55.1 Å². The predicted octanol–water partition coefficient (Wildman–Crippen LogP) is 3.82. The van der Waals surface area contributed by atoms with Crippen molar-refractivity contribution in [2.45, 2.75) is 39.5 Å². The van der Waals surface area contributed by atoms with Crippen molar-refractivity contribution in [3.8, 4) is 5.69 Å². The summed E-state index contributed by atoms with van der Waals surface area (Å²) in [7, 11) is 0. The summed E-state index contributed by atoms with van der Waals surface area (Å²) in [5, 5.41) is 13.6. The lowest BCUT2D eigenvalue weighted by Crippen LogP contribution is -2.01. The normalized spacial score (nSPS) is 11.3. The van der Waals surface area contributed by atoms with E-state index in [9.17, 15) is 9.90 Å². The van der Waals surface area contributed by atoms with Crippen molar-refractivity contribution >= 4 is 5.97 Å². The second-order valence-corrected chi connectivity index (χ2v) is 5.58. The van der Waals surface area contributed by atoms with Crippen LogP contribution in [0, 0.1) is 0 Å². The molecule has 0 atom stereocenters. The van der Waals surface area contributed by atoms with E-state index in [2.05, 4.69) is 31.1 Å². The fourth-order valence-corrected chi connectivity index (χ4v) is 2.12. The number of carboxylic acids is 1. The molecular weight excluding hydrogens is 252 g/mol. The van der Waals surface area contributed by atoms with Crippen LogP contribution in [0.4, 0.5) is 0 Å². The lowest BCUT2D eigenvalue weighted by molar-refractivity contribution is 0.0695. The van der Waals surface area contributed by atoms with Gasteiger partial charge in [0.05, 0.1) is 11.4 Å². The van der Waals surface area contributed by atoms with Crippen LogP contribution in [-0.4, -0.2) is 20.9 Å². The SMILES string of the molecule is CC(C)c1ccc(-n2cc(C(=O)O)c(C(C)C)n2)cc1. The maximum atomic E-state index is 11.3. The average Bonchev–Trinajstić information content (AvgIpc) is 2.84. The van der Waals surface area contributed by atoms with Gasteiger partial charge in [0.25, 0.3) is 0 Å². The van der Waals surface area contributed by atoms with Crippen LogP contribution >= 0.6 is 0 Å². The molecule has 0 aliphatic heterocycles. The third-order valence-electron chi connectivity index (χ3n) is 3.34. The Bertz CT molecular complexity index is 610. The molecule has 0 saturated heterocycles. The largest absolute Gasteiger partial charge is 0.478 e. The van der Waals surface area contributed by atoms with Gasteiger partial charge in [0.2, 0.25) is 0 Å². The van der Waals surface area contributed by atoms with E-state index in [0.717, 1.165) is 5.69 Å². The van der Waals surface area contributed by atoms with Crippen LogP contribution in [0.1, 0.15) is 61.1 Å². The molecule has 0 fully saturated rings. The maximum absolute atomic E-state index is 11.3. The van der Waals surface area contributed by atoms with Crippen LogP contribution in [-0.2, 0) is 0 Å². The van der Waals surface area contributed by atoms with Crippen LogP contribution in [0.15, 0.2) is 30.5 Å². The van der Waals surface area contributed by atoms with Gasteiger partial charge in [-0.3, -0.25) is 0 Å². The van der Waals surface area contributed by atoms with Gasteiger partial charge in [-0.1, -0.05) is 39.8 Å². The molecule has 0 bridgehead atoms. The fourth-order valence-electron chi connectivity index (χ4n) is 2.12. The molecule has 0 spiro atoms. The highest BCUT2D eigenvalue weighted by molar-refractivity contribution is 5.89. The smallest absolute Gasteiger partial charge is 0.339 e. The lowest BCUT2D eigenvalue weighted by Gasteiger charge is -2.07. The first-order valence-electron chi connectivity index (χ1n) is 6.83. The zero-order valence-corrected chi connectivity index (χ0v) is 12.3. The van der Waals surface area contributed by atoms with Gasteiger partial charge in [0.15, 0.2) is 0 Å². The highest BCUT2D eigenvalue weighted by atomic mass is 16.4. The van der Waals surface area contributed by atoms with Gasteiger partial charge < -0.3 is 5.11 Å². The molecular formula is C16H20N2O2. The Morgan fingerprint density at radius 3 is 2.10 bits per heavy atom. The summed E-state index contributed by atoms with van der Waals surface area (Å²) < 4.78 is 1.64. The van der Waals surface area contributed by atoms with Crippen LogP contribution in [0.3, 0.4) is 0 Å². The fraction of sp³-hybridized carbons (Fsp3) is 0.375. The quantitative estimate of drug-likeness (QED) is 0.920. The minimum atomic E-state index is -0.932. The summed E-state index contributed by atoms with van der Waals surface area (Å²) in [6.07, 6.45) is 1.59. The van der Waals surface area contributed by atoms with Crippen molar-refractivity contribution in [1.29, 1.82) is 0 Å². The number of aromatic nitrogens is 2. The van der Waals surface area contributed by atoms with Crippen molar-refractivity contribution in [3.63, 3.8) is 0 Å². The Kier molecular flexibility index (Phi) is 3.93. The molecule has 2 rings (SSSR count). The second kappa shape index (κ2) is 5.49. The van der Waals surface area contributed by atoms with Crippen molar-refractivity contribution < 1.29 is 9.90 Å². The standard InChI is InChI=1S/C16H20N2O2/c1-10(2)12-5-7-13(8-6-12)18-9-14(16(19)20)15(17-18)11(3)4/h5-11H,1-4H3,(H,19,20). The number of carboxylic acid groups (broad SMARTS) is 1. The first-order valence-corrected chi connectivity index (χ1v) is 6.83. The highest BCUT2D eigenvalue weighted by Crippen LogP contribution is 2.21. The van der Waals surface area contributed by atoms with Crippen molar-refractivity contribution in [1.82, 2.24) is 9.78 Å². The average molecular weight is 272 g/mol. The molecule has 1 heterocycles. The molecule has 0 aliphatic carbocycles. The van der Waals surface area contributed by atoms with Gasteiger partial charge >= 0.3 is 5.97 Å². The Morgan fingerprint density at radius 2 is 1.70 bits per heavy atom. The number of rotatable bonds is 4. The zero-order valence-electron chi connectivity index (χ0n) is 12.3. The second-order valence-electron chi connectivity index (χ2n) is 5.58. The van der Waals surface area contributed by atoms with Crippen molar-refractivity contribution in [2.24, 2.45) is 0 Å².